The van der Waals surface area contributed by atoms with Crippen LogP contribution < -0.4 is 20.1 Å². The zero-order valence-electron chi connectivity index (χ0n) is 17.1. The minimum atomic E-state index is 0.341. The molecule has 0 amide bonds. The molecule has 0 spiro atoms. The van der Waals surface area contributed by atoms with Crippen molar-refractivity contribution in [1.82, 2.24) is 10.6 Å². The molecule has 152 valence electrons. The van der Waals surface area contributed by atoms with Gasteiger partial charge in [0.05, 0.1) is 13.7 Å². The number of hydrogen-bond acceptors (Lipinski definition) is 4. The topological polar surface area (TPSA) is 64.1 Å². The molecule has 2 rings (SSSR count). The van der Waals surface area contributed by atoms with Gasteiger partial charge in [0.2, 0.25) is 0 Å². The fraction of sp³-hybridized carbons (Fsp3) is 0.667. The molecule has 0 aromatic heterocycles. The number of hydrogen-bond donors (Lipinski definition) is 2. The van der Waals surface area contributed by atoms with E-state index in [1.165, 1.54) is 19.3 Å². The van der Waals surface area contributed by atoms with Crippen molar-refractivity contribution in [2.45, 2.75) is 39.0 Å². The normalized spacial score (nSPS) is 15.7. The average molecular weight is 378 g/mol. The second kappa shape index (κ2) is 11.7. The number of aliphatic imine (C=N–C) groups is 1. The van der Waals surface area contributed by atoms with E-state index in [9.17, 15) is 0 Å². The Morgan fingerprint density at radius 1 is 1.15 bits per heavy atom. The lowest BCUT2D eigenvalue weighted by Gasteiger charge is -2.40. The maximum absolute atomic E-state index is 5.78. The monoisotopic (exact) mass is 377 g/mol. The molecule has 1 saturated carbocycles. The molecular weight excluding hydrogens is 342 g/mol. The smallest absolute Gasteiger partial charge is 0.191 e. The van der Waals surface area contributed by atoms with Gasteiger partial charge in [0.1, 0.15) is 11.5 Å². The molecule has 6 heteroatoms. The van der Waals surface area contributed by atoms with Gasteiger partial charge < -0.3 is 24.8 Å². The zero-order valence-corrected chi connectivity index (χ0v) is 17.1. The summed E-state index contributed by atoms with van der Waals surface area (Å²) in [6, 6.07) is 7.69. The predicted octanol–water partition coefficient (Wildman–Crippen LogP) is 3.23. The summed E-state index contributed by atoms with van der Waals surface area (Å²) in [7, 11) is 3.43. The molecule has 2 N–H and O–H groups in total. The van der Waals surface area contributed by atoms with Crippen LogP contribution in [0, 0.1) is 5.41 Å². The lowest BCUT2D eigenvalue weighted by Crippen LogP contribution is -2.40. The van der Waals surface area contributed by atoms with E-state index in [0.29, 0.717) is 12.0 Å². The Balaban J connectivity index is 1.71. The first-order valence-corrected chi connectivity index (χ1v) is 9.99. The van der Waals surface area contributed by atoms with Gasteiger partial charge in [0.25, 0.3) is 0 Å². The molecule has 0 heterocycles. The average Bonchev–Trinajstić information content (AvgIpc) is 2.66. The fourth-order valence-electron chi connectivity index (χ4n) is 3.23. The second-order valence-corrected chi connectivity index (χ2v) is 7.10. The van der Waals surface area contributed by atoms with E-state index in [1.54, 1.807) is 14.2 Å². The van der Waals surface area contributed by atoms with Crippen LogP contribution in [0.2, 0.25) is 0 Å². The molecule has 1 aliphatic rings. The van der Waals surface area contributed by atoms with Gasteiger partial charge in [0, 0.05) is 39.4 Å². The van der Waals surface area contributed by atoms with E-state index in [2.05, 4.69) is 17.6 Å². The minimum absolute atomic E-state index is 0.341. The molecule has 1 aliphatic carbocycles. The highest BCUT2D eigenvalue weighted by Crippen LogP contribution is 2.44. The number of methoxy groups -OCH3 is 2. The minimum Gasteiger partial charge on any atom is -0.497 e. The molecule has 1 aromatic rings. The summed E-state index contributed by atoms with van der Waals surface area (Å²) in [6.45, 7) is 6.11. The first kappa shape index (κ1) is 21.4. The maximum Gasteiger partial charge on any atom is 0.191 e. The molecule has 0 atom stereocenters. The first-order valence-electron chi connectivity index (χ1n) is 9.99. The number of rotatable bonds is 12. The van der Waals surface area contributed by atoms with E-state index >= 15 is 0 Å². The van der Waals surface area contributed by atoms with Gasteiger partial charge in [-0.3, -0.25) is 4.99 Å². The van der Waals surface area contributed by atoms with Crippen LogP contribution in [0.5, 0.6) is 11.5 Å². The quantitative estimate of drug-likeness (QED) is 0.333. The van der Waals surface area contributed by atoms with Crippen LogP contribution in [0.1, 0.15) is 39.0 Å². The van der Waals surface area contributed by atoms with Crippen LogP contribution in [0.3, 0.4) is 0 Å². The van der Waals surface area contributed by atoms with Gasteiger partial charge in [-0.05, 0) is 50.2 Å². The van der Waals surface area contributed by atoms with Crippen molar-refractivity contribution in [1.29, 1.82) is 0 Å². The Hall–Kier alpha value is -1.95. The fourth-order valence-corrected chi connectivity index (χ4v) is 3.23. The van der Waals surface area contributed by atoms with Crippen molar-refractivity contribution >= 4 is 5.96 Å². The van der Waals surface area contributed by atoms with E-state index in [0.717, 1.165) is 56.5 Å². The van der Waals surface area contributed by atoms with Crippen molar-refractivity contribution in [3.63, 3.8) is 0 Å². The maximum atomic E-state index is 5.78. The predicted molar refractivity (Wildman–Crippen MR) is 110 cm³/mol. The summed E-state index contributed by atoms with van der Waals surface area (Å²) >= 11 is 0. The van der Waals surface area contributed by atoms with Crippen LogP contribution in [0.25, 0.3) is 0 Å². The largest absolute Gasteiger partial charge is 0.497 e. The van der Waals surface area contributed by atoms with Crippen molar-refractivity contribution in [3.8, 4) is 11.5 Å². The number of ether oxygens (including phenoxy) is 3. The van der Waals surface area contributed by atoms with Gasteiger partial charge in [-0.15, -0.1) is 0 Å². The van der Waals surface area contributed by atoms with Crippen LogP contribution in [0.15, 0.2) is 29.3 Å². The zero-order chi connectivity index (χ0) is 19.4. The number of nitrogens with one attached hydrogen (secondary N) is 2. The highest BCUT2D eigenvalue weighted by atomic mass is 16.5. The summed E-state index contributed by atoms with van der Waals surface area (Å²) in [5, 5.41) is 6.74. The van der Waals surface area contributed by atoms with Crippen LogP contribution >= 0.6 is 0 Å². The lowest BCUT2D eigenvalue weighted by molar-refractivity contribution is 0.0778. The standard InChI is InChI=1S/C21H35N3O3/c1-4-22-20(24-17-21(10-6-11-21)12-15-25-2)23-13-7-14-27-19-9-5-8-18(16-19)26-3/h5,8-9,16H,4,6-7,10-15,17H2,1-3H3,(H2,22,23,24). The van der Waals surface area contributed by atoms with E-state index in [-0.39, 0.29) is 0 Å². The number of nitrogens with zero attached hydrogens (tertiary/aromatic N) is 1. The van der Waals surface area contributed by atoms with Gasteiger partial charge in [-0.25, -0.2) is 0 Å². The molecule has 27 heavy (non-hydrogen) atoms. The molecule has 0 aliphatic heterocycles. The summed E-state index contributed by atoms with van der Waals surface area (Å²) in [5.74, 6) is 2.54. The Morgan fingerprint density at radius 2 is 1.96 bits per heavy atom. The third kappa shape index (κ3) is 7.29. The first-order chi connectivity index (χ1) is 13.2. The number of guanidine groups is 1. The third-order valence-corrected chi connectivity index (χ3v) is 5.09. The van der Waals surface area contributed by atoms with Gasteiger partial charge in [-0.2, -0.15) is 0 Å². The Bertz CT molecular complexity index is 574. The SMILES string of the molecule is CCNC(=NCC1(CCOC)CCC1)NCCCOc1cccc(OC)c1. The Morgan fingerprint density at radius 3 is 2.63 bits per heavy atom. The van der Waals surface area contributed by atoms with Crippen LogP contribution in [0.4, 0.5) is 0 Å². The third-order valence-electron chi connectivity index (χ3n) is 5.09. The van der Waals surface area contributed by atoms with E-state index in [1.807, 2.05) is 24.3 Å². The highest BCUT2D eigenvalue weighted by molar-refractivity contribution is 5.79. The van der Waals surface area contributed by atoms with Crippen LogP contribution in [-0.2, 0) is 4.74 Å². The van der Waals surface area contributed by atoms with Crippen molar-refractivity contribution in [2.75, 3.05) is 47.1 Å². The van der Waals surface area contributed by atoms with Crippen molar-refractivity contribution in [2.24, 2.45) is 10.4 Å². The Labute approximate surface area is 163 Å². The van der Waals surface area contributed by atoms with E-state index < -0.39 is 0 Å². The molecule has 0 radical (unpaired) electrons. The Kier molecular flexibility index (Phi) is 9.25. The van der Waals surface area contributed by atoms with Crippen molar-refractivity contribution < 1.29 is 14.2 Å². The summed E-state index contributed by atoms with van der Waals surface area (Å²) in [6.07, 6.45) is 5.82. The summed E-state index contributed by atoms with van der Waals surface area (Å²) in [5.41, 5.74) is 0.341. The molecule has 1 aromatic carbocycles. The van der Waals surface area contributed by atoms with E-state index in [4.69, 9.17) is 19.2 Å². The molecular formula is C21H35N3O3. The molecule has 6 nitrogen and oxygen atoms in total. The number of benzene rings is 1. The molecule has 0 unspecified atom stereocenters. The van der Waals surface area contributed by atoms with Gasteiger partial charge in [0.15, 0.2) is 5.96 Å². The van der Waals surface area contributed by atoms with Gasteiger partial charge >= 0.3 is 0 Å². The summed E-state index contributed by atoms with van der Waals surface area (Å²) < 4.78 is 16.3. The lowest BCUT2D eigenvalue weighted by atomic mass is 9.67. The van der Waals surface area contributed by atoms with Crippen molar-refractivity contribution in [3.05, 3.63) is 24.3 Å². The highest BCUT2D eigenvalue weighted by Gasteiger charge is 2.36. The molecule has 0 saturated heterocycles. The second-order valence-electron chi connectivity index (χ2n) is 7.10. The molecule has 0 bridgehead atoms. The van der Waals surface area contributed by atoms with Crippen LogP contribution in [-0.4, -0.2) is 53.0 Å². The van der Waals surface area contributed by atoms with Gasteiger partial charge in [-0.1, -0.05) is 12.5 Å². The molecule has 1 fully saturated rings. The summed E-state index contributed by atoms with van der Waals surface area (Å²) in [4.78, 5) is 4.82.